The summed E-state index contributed by atoms with van der Waals surface area (Å²) in [5.41, 5.74) is 1.05. The second-order valence-corrected chi connectivity index (χ2v) is 5.65. The highest BCUT2D eigenvalue weighted by Gasteiger charge is 2.08. The van der Waals surface area contributed by atoms with Crippen LogP contribution in [0.5, 0.6) is 5.75 Å². The van der Waals surface area contributed by atoms with Crippen LogP contribution in [0.3, 0.4) is 0 Å². The predicted molar refractivity (Wildman–Crippen MR) is 92.7 cm³/mol. The van der Waals surface area contributed by atoms with Gasteiger partial charge < -0.3 is 15.4 Å². The molecule has 0 bridgehead atoms. The van der Waals surface area contributed by atoms with Crippen LogP contribution < -0.4 is 15.4 Å². The summed E-state index contributed by atoms with van der Waals surface area (Å²) in [5.74, 6) is 0.137. The molecular formula is C17H17BrN2O3. The minimum absolute atomic E-state index is 0.109. The smallest absolute Gasteiger partial charge is 0.262 e. The Hall–Kier alpha value is -2.34. The van der Waals surface area contributed by atoms with Gasteiger partial charge in [0.1, 0.15) is 5.75 Å². The normalized spacial score (nSPS) is 10.0. The van der Waals surface area contributed by atoms with E-state index < -0.39 is 0 Å². The van der Waals surface area contributed by atoms with E-state index in [0.29, 0.717) is 23.5 Å². The monoisotopic (exact) mass is 376 g/mol. The van der Waals surface area contributed by atoms with E-state index in [0.717, 1.165) is 4.47 Å². The summed E-state index contributed by atoms with van der Waals surface area (Å²) in [4.78, 5) is 23.7. The van der Waals surface area contributed by atoms with Gasteiger partial charge in [-0.25, -0.2) is 0 Å². The van der Waals surface area contributed by atoms with Crippen molar-refractivity contribution in [1.29, 1.82) is 0 Å². The molecule has 2 aromatic rings. The topological polar surface area (TPSA) is 67.4 Å². The quantitative estimate of drug-likeness (QED) is 0.813. The lowest BCUT2D eigenvalue weighted by Gasteiger charge is -2.09. The molecule has 0 saturated heterocycles. The molecule has 5 nitrogen and oxygen atoms in total. The maximum Gasteiger partial charge on any atom is 0.262 e. The lowest BCUT2D eigenvalue weighted by atomic mass is 10.2. The number of ether oxygens (including phenoxy) is 1. The summed E-state index contributed by atoms with van der Waals surface area (Å²) in [6.07, 6.45) is 0. The molecule has 0 aliphatic heterocycles. The molecule has 0 radical (unpaired) electrons. The number of anilines is 1. The van der Waals surface area contributed by atoms with Crippen molar-refractivity contribution < 1.29 is 14.3 Å². The van der Waals surface area contributed by atoms with Gasteiger partial charge in [0.15, 0.2) is 6.61 Å². The number of rotatable bonds is 6. The highest BCUT2D eigenvalue weighted by Crippen LogP contribution is 2.17. The van der Waals surface area contributed by atoms with E-state index in [4.69, 9.17) is 4.74 Å². The highest BCUT2D eigenvalue weighted by atomic mass is 79.9. The van der Waals surface area contributed by atoms with Gasteiger partial charge in [-0.05, 0) is 43.3 Å². The number of benzene rings is 2. The molecule has 6 heteroatoms. The third kappa shape index (κ3) is 5.41. The van der Waals surface area contributed by atoms with E-state index in [-0.39, 0.29) is 18.4 Å². The van der Waals surface area contributed by atoms with Crippen molar-refractivity contribution in [2.45, 2.75) is 6.92 Å². The largest absolute Gasteiger partial charge is 0.484 e. The van der Waals surface area contributed by atoms with Gasteiger partial charge in [0.2, 0.25) is 0 Å². The van der Waals surface area contributed by atoms with Gasteiger partial charge in [-0.15, -0.1) is 0 Å². The van der Waals surface area contributed by atoms with Gasteiger partial charge in [-0.1, -0.05) is 28.1 Å². The molecule has 0 saturated carbocycles. The van der Waals surface area contributed by atoms with Gasteiger partial charge >= 0.3 is 0 Å². The molecule has 23 heavy (non-hydrogen) atoms. The fourth-order valence-corrected chi connectivity index (χ4v) is 2.28. The van der Waals surface area contributed by atoms with Crippen LogP contribution in [0.15, 0.2) is 53.0 Å². The van der Waals surface area contributed by atoms with Crippen LogP contribution in [-0.2, 0) is 4.79 Å². The number of amides is 2. The molecule has 0 atom stereocenters. The second-order valence-electron chi connectivity index (χ2n) is 4.73. The summed E-state index contributed by atoms with van der Waals surface area (Å²) in [6, 6.07) is 14.0. The Labute approximate surface area is 143 Å². The molecule has 2 N–H and O–H groups in total. The van der Waals surface area contributed by atoms with Crippen molar-refractivity contribution in [2.24, 2.45) is 0 Å². The van der Waals surface area contributed by atoms with Crippen LogP contribution >= 0.6 is 15.9 Å². The van der Waals surface area contributed by atoms with E-state index in [1.807, 2.05) is 19.1 Å². The lowest BCUT2D eigenvalue weighted by molar-refractivity contribution is -0.118. The summed E-state index contributed by atoms with van der Waals surface area (Å²) in [5, 5.41) is 5.42. The number of hydrogen-bond acceptors (Lipinski definition) is 3. The predicted octanol–water partition coefficient (Wildman–Crippen LogP) is 3.22. The Morgan fingerprint density at radius 3 is 2.65 bits per heavy atom. The standard InChI is InChI=1S/C17H17BrN2O3/c1-2-19-17(22)12-5-3-7-14(9-12)20-16(21)11-23-15-8-4-6-13(18)10-15/h3-10H,2,11H2,1H3,(H,19,22)(H,20,21). The Morgan fingerprint density at radius 2 is 1.91 bits per heavy atom. The summed E-state index contributed by atoms with van der Waals surface area (Å²) in [7, 11) is 0. The highest BCUT2D eigenvalue weighted by molar-refractivity contribution is 9.10. The van der Waals surface area contributed by atoms with Crippen molar-refractivity contribution in [3.05, 3.63) is 58.6 Å². The molecule has 2 aromatic carbocycles. The van der Waals surface area contributed by atoms with Crippen molar-refractivity contribution in [3.63, 3.8) is 0 Å². The van der Waals surface area contributed by atoms with Crippen LogP contribution in [0.25, 0.3) is 0 Å². The first kappa shape index (κ1) is 17.0. The van der Waals surface area contributed by atoms with Crippen LogP contribution in [-0.4, -0.2) is 25.0 Å². The molecule has 0 fully saturated rings. The fourth-order valence-electron chi connectivity index (χ4n) is 1.90. The molecule has 0 heterocycles. The molecule has 2 rings (SSSR count). The third-order valence-electron chi connectivity index (χ3n) is 2.91. The van der Waals surface area contributed by atoms with Crippen molar-refractivity contribution in [3.8, 4) is 5.75 Å². The summed E-state index contributed by atoms with van der Waals surface area (Å²) < 4.78 is 6.30. The van der Waals surface area contributed by atoms with E-state index in [9.17, 15) is 9.59 Å². The zero-order chi connectivity index (χ0) is 16.7. The Bertz CT molecular complexity index is 704. The van der Waals surface area contributed by atoms with Crippen LogP contribution in [0.2, 0.25) is 0 Å². The van der Waals surface area contributed by atoms with E-state index in [1.165, 1.54) is 0 Å². The molecule has 0 aliphatic carbocycles. The number of hydrogen-bond donors (Lipinski definition) is 2. The van der Waals surface area contributed by atoms with Crippen LogP contribution in [0, 0.1) is 0 Å². The first-order chi connectivity index (χ1) is 11.1. The summed E-state index contributed by atoms with van der Waals surface area (Å²) >= 11 is 3.34. The Kier molecular flexibility index (Phi) is 6.17. The van der Waals surface area contributed by atoms with E-state index in [1.54, 1.807) is 36.4 Å². The van der Waals surface area contributed by atoms with Crippen LogP contribution in [0.1, 0.15) is 17.3 Å². The lowest BCUT2D eigenvalue weighted by Crippen LogP contribution is -2.23. The van der Waals surface area contributed by atoms with Crippen molar-refractivity contribution >= 4 is 33.4 Å². The maximum atomic E-state index is 11.9. The molecule has 0 aromatic heterocycles. The summed E-state index contributed by atoms with van der Waals surface area (Å²) in [6.45, 7) is 2.29. The first-order valence-electron chi connectivity index (χ1n) is 7.15. The number of carbonyl (C=O) groups is 2. The van der Waals surface area contributed by atoms with Gasteiger partial charge in [0.25, 0.3) is 11.8 Å². The molecule has 2 amide bonds. The Morgan fingerprint density at radius 1 is 1.13 bits per heavy atom. The van der Waals surface area contributed by atoms with E-state index in [2.05, 4.69) is 26.6 Å². The number of halogens is 1. The number of nitrogens with one attached hydrogen (secondary N) is 2. The minimum Gasteiger partial charge on any atom is -0.484 e. The van der Waals surface area contributed by atoms with Crippen molar-refractivity contribution in [2.75, 3.05) is 18.5 Å². The molecule has 120 valence electrons. The SMILES string of the molecule is CCNC(=O)c1cccc(NC(=O)COc2cccc(Br)c2)c1. The molecule has 0 spiro atoms. The minimum atomic E-state index is -0.293. The van der Waals surface area contributed by atoms with E-state index >= 15 is 0 Å². The Balaban J connectivity index is 1.92. The average molecular weight is 377 g/mol. The van der Waals surface area contributed by atoms with Gasteiger partial charge in [-0.2, -0.15) is 0 Å². The van der Waals surface area contributed by atoms with Gasteiger partial charge in [0, 0.05) is 22.3 Å². The fraction of sp³-hybridized carbons (Fsp3) is 0.176. The molecular weight excluding hydrogens is 360 g/mol. The number of carbonyl (C=O) groups excluding carboxylic acids is 2. The molecule has 0 aliphatic rings. The maximum absolute atomic E-state index is 11.9. The van der Waals surface area contributed by atoms with Crippen LogP contribution in [0.4, 0.5) is 5.69 Å². The average Bonchev–Trinajstić information content (AvgIpc) is 2.53. The zero-order valence-electron chi connectivity index (χ0n) is 12.6. The van der Waals surface area contributed by atoms with Crippen molar-refractivity contribution in [1.82, 2.24) is 5.32 Å². The second kappa shape index (κ2) is 8.33. The third-order valence-corrected chi connectivity index (χ3v) is 3.41. The van der Waals surface area contributed by atoms with Gasteiger partial charge in [-0.3, -0.25) is 9.59 Å². The first-order valence-corrected chi connectivity index (χ1v) is 7.94. The zero-order valence-corrected chi connectivity index (χ0v) is 14.2. The molecule has 0 unspecified atom stereocenters. The van der Waals surface area contributed by atoms with Gasteiger partial charge in [0.05, 0.1) is 0 Å².